The predicted molar refractivity (Wildman–Crippen MR) is 95.2 cm³/mol. The zero-order valence-electron chi connectivity index (χ0n) is 15.7. The van der Waals surface area contributed by atoms with Gasteiger partial charge >= 0.3 is 5.97 Å². The van der Waals surface area contributed by atoms with Crippen molar-refractivity contribution in [2.24, 2.45) is 12.5 Å². The molecule has 1 atom stereocenters. The molecule has 1 aromatic heterocycles. The Balaban J connectivity index is 1.65. The Bertz CT molecular complexity index is 744. The molecule has 3 heterocycles. The lowest BCUT2D eigenvalue weighted by atomic mass is 9.76. The molecule has 2 fully saturated rings. The summed E-state index contributed by atoms with van der Waals surface area (Å²) in [6, 6.07) is 3.48. The van der Waals surface area contributed by atoms with Crippen LogP contribution in [0.25, 0.3) is 0 Å². The number of hydrogen-bond donors (Lipinski definition) is 1. The average molecular weight is 358 g/mol. The fourth-order valence-electron chi connectivity index (χ4n) is 4.43. The highest BCUT2D eigenvalue weighted by Crippen LogP contribution is 2.43. The molecule has 0 saturated carbocycles. The SMILES string of the molecule is CC(=O)N1CC2(CCN(Cc3cc(C#N)n(C)c3C)CC2)C[C@@H]1C(=O)O. The van der Waals surface area contributed by atoms with E-state index in [9.17, 15) is 20.0 Å². The summed E-state index contributed by atoms with van der Waals surface area (Å²) in [5, 5.41) is 18.6. The van der Waals surface area contributed by atoms with E-state index < -0.39 is 12.0 Å². The van der Waals surface area contributed by atoms with Crippen molar-refractivity contribution in [3.05, 3.63) is 23.0 Å². The van der Waals surface area contributed by atoms with Crippen LogP contribution >= 0.6 is 0 Å². The lowest BCUT2D eigenvalue weighted by Gasteiger charge is -2.39. The molecule has 140 valence electrons. The van der Waals surface area contributed by atoms with Gasteiger partial charge in [-0.2, -0.15) is 5.26 Å². The summed E-state index contributed by atoms with van der Waals surface area (Å²) in [6.45, 7) is 6.60. The summed E-state index contributed by atoms with van der Waals surface area (Å²) in [6.07, 6.45) is 2.35. The number of piperidine rings is 1. The molecule has 0 aromatic carbocycles. The molecular formula is C19H26N4O3. The van der Waals surface area contributed by atoms with Gasteiger partial charge in [-0.1, -0.05) is 0 Å². The first-order chi connectivity index (χ1) is 12.3. The maximum absolute atomic E-state index is 11.8. The third kappa shape index (κ3) is 3.21. The van der Waals surface area contributed by atoms with Crippen molar-refractivity contribution in [3.8, 4) is 6.07 Å². The van der Waals surface area contributed by atoms with E-state index in [2.05, 4.69) is 11.0 Å². The van der Waals surface area contributed by atoms with Crippen LogP contribution in [0.3, 0.4) is 0 Å². The van der Waals surface area contributed by atoms with Crippen molar-refractivity contribution in [3.63, 3.8) is 0 Å². The van der Waals surface area contributed by atoms with E-state index in [1.165, 1.54) is 17.4 Å². The quantitative estimate of drug-likeness (QED) is 0.884. The number of carboxylic acids is 1. The Labute approximate surface area is 153 Å². The molecule has 1 spiro atoms. The summed E-state index contributed by atoms with van der Waals surface area (Å²) < 4.78 is 1.92. The smallest absolute Gasteiger partial charge is 0.326 e. The molecule has 2 aliphatic rings. The van der Waals surface area contributed by atoms with Crippen LogP contribution in [0, 0.1) is 23.7 Å². The topological polar surface area (TPSA) is 89.6 Å². The van der Waals surface area contributed by atoms with Crippen LogP contribution in [-0.4, -0.2) is 57.0 Å². The monoisotopic (exact) mass is 358 g/mol. The van der Waals surface area contributed by atoms with Crippen LogP contribution < -0.4 is 0 Å². The Morgan fingerprint density at radius 2 is 2.04 bits per heavy atom. The summed E-state index contributed by atoms with van der Waals surface area (Å²) in [7, 11) is 1.91. The van der Waals surface area contributed by atoms with Crippen LogP contribution in [0.2, 0.25) is 0 Å². The van der Waals surface area contributed by atoms with E-state index in [-0.39, 0.29) is 11.3 Å². The van der Waals surface area contributed by atoms with Gasteiger partial charge in [0.25, 0.3) is 0 Å². The molecule has 2 saturated heterocycles. The van der Waals surface area contributed by atoms with Crippen LogP contribution in [0.15, 0.2) is 6.07 Å². The lowest BCUT2D eigenvalue weighted by Crippen LogP contribution is -2.42. The number of aliphatic carboxylic acids is 1. The summed E-state index contributed by atoms with van der Waals surface area (Å²) in [5.74, 6) is -1.05. The predicted octanol–water partition coefficient (Wildman–Crippen LogP) is 1.49. The highest BCUT2D eigenvalue weighted by molar-refractivity contribution is 5.83. The molecule has 1 aromatic rings. The Morgan fingerprint density at radius 3 is 2.50 bits per heavy atom. The molecule has 0 unspecified atom stereocenters. The second-order valence-corrected chi connectivity index (χ2v) is 7.79. The van der Waals surface area contributed by atoms with Gasteiger partial charge in [-0.3, -0.25) is 9.69 Å². The van der Waals surface area contributed by atoms with E-state index in [0.29, 0.717) is 18.7 Å². The lowest BCUT2D eigenvalue weighted by molar-refractivity contribution is -0.147. The van der Waals surface area contributed by atoms with Gasteiger partial charge in [0, 0.05) is 32.8 Å². The molecule has 1 amide bonds. The van der Waals surface area contributed by atoms with Gasteiger partial charge in [-0.25, -0.2) is 4.79 Å². The average Bonchev–Trinajstić information content (AvgIpc) is 3.11. The van der Waals surface area contributed by atoms with Crippen LogP contribution in [-0.2, 0) is 23.2 Å². The van der Waals surface area contributed by atoms with Gasteiger partial charge in [0.2, 0.25) is 5.91 Å². The largest absolute Gasteiger partial charge is 0.480 e. The molecule has 7 heteroatoms. The second kappa shape index (κ2) is 6.76. The molecule has 0 bridgehead atoms. The zero-order chi connectivity index (χ0) is 19.1. The maximum atomic E-state index is 11.8. The van der Waals surface area contributed by atoms with Crippen LogP contribution in [0.5, 0.6) is 0 Å². The van der Waals surface area contributed by atoms with Crippen molar-refractivity contribution in [1.29, 1.82) is 5.26 Å². The standard InChI is InChI=1S/C19H26N4O3/c1-13-15(8-16(10-20)21(13)3)11-22-6-4-19(5-7-22)9-17(18(25)26)23(12-19)14(2)24/h8,17H,4-7,9,11-12H2,1-3H3,(H,25,26)/t17-/m1/s1. The normalized spacial score (nSPS) is 22.5. The summed E-state index contributed by atoms with van der Waals surface area (Å²) in [4.78, 5) is 27.2. The third-order valence-corrected chi connectivity index (χ3v) is 6.26. The van der Waals surface area contributed by atoms with Crippen molar-refractivity contribution in [2.45, 2.75) is 45.7 Å². The molecule has 0 aliphatic carbocycles. The number of carbonyl (C=O) groups excluding carboxylic acids is 1. The molecule has 26 heavy (non-hydrogen) atoms. The Hall–Kier alpha value is -2.33. The summed E-state index contributed by atoms with van der Waals surface area (Å²) >= 11 is 0. The first kappa shape index (κ1) is 18.5. The molecule has 0 radical (unpaired) electrons. The minimum atomic E-state index is -0.900. The number of likely N-dealkylation sites (tertiary alicyclic amines) is 2. The molecule has 2 aliphatic heterocycles. The number of carboxylic acid groups (broad SMARTS) is 1. The number of aromatic nitrogens is 1. The van der Waals surface area contributed by atoms with E-state index in [4.69, 9.17) is 0 Å². The molecule has 3 rings (SSSR count). The van der Waals surface area contributed by atoms with E-state index in [1.54, 1.807) is 0 Å². The van der Waals surface area contributed by atoms with Gasteiger partial charge in [0.15, 0.2) is 0 Å². The van der Waals surface area contributed by atoms with Gasteiger partial charge < -0.3 is 14.6 Å². The number of nitriles is 1. The third-order valence-electron chi connectivity index (χ3n) is 6.26. The molecule has 1 N–H and O–H groups in total. The number of nitrogens with zero attached hydrogens (tertiary/aromatic N) is 4. The first-order valence-electron chi connectivity index (χ1n) is 9.04. The highest BCUT2D eigenvalue weighted by atomic mass is 16.4. The molecular weight excluding hydrogens is 332 g/mol. The Kier molecular flexibility index (Phi) is 4.80. The van der Waals surface area contributed by atoms with Crippen molar-refractivity contribution in [1.82, 2.24) is 14.4 Å². The van der Waals surface area contributed by atoms with Crippen molar-refractivity contribution in [2.75, 3.05) is 19.6 Å². The Morgan fingerprint density at radius 1 is 1.38 bits per heavy atom. The number of carbonyl (C=O) groups is 2. The minimum absolute atomic E-state index is 0.0746. The highest BCUT2D eigenvalue weighted by Gasteiger charge is 2.49. The minimum Gasteiger partial charge on any atom is -0.480 e. The van der Waals surface area contributed by atoms with Crippen molar-refractivity contribution < 1.29 is 14.7 Å². The van der Waals surface area contributed by atoms with E-state index in [1.807, 2.05) is 24.6 Å². The first-order valence-corrected chi connectivity index (χ1v) is 9.04. The fraction of sp³-hybridized carbons (Fsp3) is 0.632. The number of hydrogen-bond acceptors (Lipinski definition) is 4. The summed E-state index contributed by atoms with van der Waals surface area (Å²) in [5.41, 5.74) is 2.87. The maximum Gasteiger partial charge on any atom is 0.326 e. The molecule has 7 nitrogen and oxygen atoms in total. The van der Waals surface area contributed by atoms with E-state index in [0.717, 1.165) is 38.2 Å². The second-order valence-electron chi connectivity index (χ2n) is 7.79. The van der Waals surface area contributed by atoms with E-state index >= 15 is 0 Å². The fourth-order valence-corrected chi connectivity index (χ4v) is 4.43. The van der Waals surface area contributed by atoms with Crippen LogP contribution in [0.1, 0.15) is 43.1 Å². The van der Waals surface area contributed by atoms with Gasteiger partial charge in [0.05, 0.1) is 0 Å². The van der Waals surface area contributed by atoms with Crippen molar-refractivity contribution >= 4 is 11.9 Å². The zero-order valence-corrected chi connectivity index (χ0v) is 15.7. The van der Waals surface area contributed by atoms with Gasteiger partial charge in [0.1, 0.15) is 17.8 Å². The van der Waals surface area contributed by atoms with Crippen LogP contribution in [0.4, 0.5) is 0 Å². The number of rotatable bonds is 3. The number of amides is 1. The van der Waals surface area contributed by atoms with Gasteiger partial charge in [-0.05, 0) is 56.3 Å². The van der Waals surface area contributed by atoms with Gasteiger partial charge in [-0.15, -0.1) is 0 Å².